The van der Waals surface area contributed by atoms with Crippen LogP contribution in [0, 0.1) is 12.7 Å². The highest BCUT2D eigenvalue weighted by Crippen LogP contribution is 2.39. The van der Waals surface area contributed by atoms with Gasteiger partial charge in [-0.25, -0.2) is 17.8 Å². The Kier molecular flexibility index (Phi) is 4.64. The Morgan fingerprint density at radius 2 is 1.96 bits per heavy atom. The molecule has 0 unspecified atom stereocenters. The van der Waals surface area contributed by atoms with Crippen molar-refractivity contribution in [1.29, 1.82) is 0 Å². The second-order valence-electron chi connectivity index (χ2n) is 6.18. The van der Waals surface area contributed by atoms with E-state index in [-0.39, 0.29) is 18.0 Å². The number of hydrogen-bond donors (Lipinski definition) is 0. The maximum absolute atomic E-state index is 14.3. The lowest BCUT2D eigenvalue weighted by Gasteiger charge is -2.26. The average Bonchev–Trinajstić information content (AvgIpc) is 3.05. The Labute approximate surface area is 156 Å². The van der Waals surface area contributed by atoms with Crippen LogP contribution in [-0.2, 0) is 21.3 Å². The van der Waals surface area contributed by atoms with Crippen LogP contribution in [0.4, 0.5) is 10.1 Å². The molecule has 0 aliphatic carbocycles. The third-order valence-corrected chi connectivity index (χ3v) is 7.38. The first-order valence-corrected chi connectivity index (χ1v) is 10.5. The highest BCUT2D eigenvalue weighted by atomic mass is 32.2. The molecule has 2 aliphatic rings. The third kappa shape index (κ3) is 3.20. The van der Waals surface area contributed by atoms with Gasteiger partial charge in [0.1, 0.15) is 15.7 Å². The molecule has 1 aromatic heterocycles. The van der Waals surface area contributed by atoms with E-state index in [1.54, 1.807) is 6.07 Å². The number of morpholine rings is 1. The van der Waals surface area contributed by atoms with Gasteiger partial charge in [-0.1, -0.05) is 6.07 Å². The molecule has 3 heterocycles. The van der Waals surface area contributed by atoms with Gasteiger partial charge < -0.3 is 9.04 Å². The molecule has 0 bridgehead atoms. The molecule has 26 heavy (non-hydrogen) atoms. The molecular weight excluding hydrogens is 377 g/mol. The highest BCUT2D eigenvalue weighted by molar-refractivity contribution is 8.00. The normalized spacial score (nSPS) is 18.2. The zero-order valence-electron chi connectivity index (χ0n) is 14.2. The summed E-state index contributed by atoms with van der Waals surface area (Å²) in [6.45, 7) is 3.63. The standard InChI is InChI=1S/C17H18FN3O3S2/c1-12-2-3-13-11-21(25-17(13)19-12)14-4-5-15(18)16(10-14)26(22,23)20-6-8-24-9-7-20/h2-5,10H,6-9,11H2,1H3. The van der Waals surface area contributed by atoms with Crippen LogP contribution >= 0.6 is 11.9 Å². The smallest absolute Gasteiger partial charge is 0.246 e. The number of aromatic nitrogens is 1. The van der Waals surface area contributed by atoms with Gasteiger partial charge in [-0.15, -0.1) is 0 Å². The first-order valence-electron chi connectivity index (χ1n) is 8.24. The second kappa shape index (κ2) is 6.80. The van der Waals surface area contributed by atoms with Crippen molar-refractivity contribution >= 4 is 27.7 Å². The summed E-state index contributed by atoms with van der Waals surface area (Å²) < 4.78 is 48.4. The quantitative estimate of drug-likeness (QED) is 0.745. The van der Waals surface area contributed by atoms with E-state index in [9.17, 15) is 12.8 Å². The zero-order valence-corrected chi connectivity index (χ0v) is 15.8. The molecule has 2 aliphatic heterocycles. The molecule has 2 aromatic rings. The van der Waals surface area contributed by atoms with E-state index in [2.05, 4.69) is 4.98 Å². The maximum Gasteiger partial charge on any atom is 0.246 e. The van der Waals surface area contributed by atoms with E-state index in [1.165, 1.54) is 28.4 Å². The third-order valence-electron chi connectivity index (χ3n) is 4.38. The molecule has 0 spiro atoms. The Hall–Kier alpha value is -1.68. The van der Waals surface area contributed by atoms with Gasteiger partial charge in [0.2, 0.25) is 10.0 Å². The number of fused-ring (bicyclic) bond motifs is 1. The summed E-state index contributed by atoms with van der Waals surface area (Å²) in [6, 6.07) is 8.18. The number of halogens is 1. The van der Waals surface area contributed by atoms with Crippen LogP contribution < -0.4 is 4.31 Å². The molecule has 0 atom stereocenters. The minimum absolute atomic E-state index is 0.235. The molecule has 9 heteroatoms. The topological polar surface area (TPSA) is 62.7 Å². The van der Waals surface area contributed by atoms with Crippen molar-refractivity contribution in [2.45, 2.75) is 23.4 Å². The van der Waals surface area contributed by atoms with E-state index in [0.717, 1.165) is 16.3 Å². The first kappa shape index (κ1) is 17.7. The molecule has 138 valence electrons. The summed E-state index contributed by atoms with van der Waals surface area (Å²) in [6.07, 6.45) is 0. The first-order chi connectivity index (χ1) is 12.4. The van der Waals surface area contributed by atoms with Crippen LogP contribution in [0.25, 0.3) is 0 Å². The van der Waals surface area contributed by atoms with Crippen molar-refractivity contribution < 1.29 is 17.5 Å². The Balaban J connectivity index is 1.65. The Morgan fingerprint density at radius 1 is 1.19 bits per heavy atom. The molecule has 0 N–H and O–H groups in total. The van der Waals surface area contributed by atoms with Crippen LogP contribution in [0.1, 0.15) is 11.3 Å². The summed E-state index contributed by atoms with van der Waals surface area (Å²) in [5.74, 6) is -0.740. The molecule has 6 nitrogen and oxygen atoms in total. The van der Waals surface area contributed by atoms with Gasteiger partial charge in [0.05, 0.1) is 19.8 Å². The summed E-state index contributed by atoms with van der Waals surface area (Å²) in [4.78, 5) is 4.20. The summed E-state index contributed by atoms with van der Waals surface area (Å²) in [5, 5.41) is 0.895. The lowest BCUT2D eigenvalue weighted by atomic mass is 10.2. The summed E-state index contributed by atoms with van der Waals surface area (Å²) in [5.41, 5.74) is 2.63. The van der Waals surface area contributed by atoms with E-state index in [0.29, 0.717) is 25.4 Å². The van der Waals surface area contributed by atoms with Crippen molar-refractivity contribution in [2.75, 3.05) is 30.6 Å². The van der Waals surface area contributed by atoms with Crippen molar-refractivity contribution in [3.8, 4) is 0 Å². The monoisotopic (exact) mass is 395 g/mol. The van der Waals surface area contributed by atoms with Crippen molar-refractivity contribution in [2.24, 2.45) is 0 Å². The molecule has 0 saturated carbocycles. The van der Waals surface area contributed by atoms with Crippen molar-refractivity contribution in [3.05, 3.63) is 47.4 Å². The molecular formula is C17H18FN3O3S2. The molecule has 1 aromatic carbocycles. The number of aryl methyl sites for hydroxylation is 1. The number of sulfonamides is 1. The number of rotatable bonds is 3. The molecule has 0 radical (unpaired) electrons. The van der Waals surface area contributed by atoms with Gasteiger partial charge in [-0.05, 0) is 31.2 Å². The maximum atomic E-state index is 14.3. The van der Waals surface area contributed by atoms with Gasteiger partial charge >= 0.3 is 0 Å². The predicted octanol–water partition coefficient (Wildman–Crippen LogP) is 2.58. The number of ether oxygens (including phenoxy) is 1. The zero-order chi connectivity index (χ0) is 18.3. The predicted molar refractivity (Wildman–Crippen MR) is 97.0 cm³/mol. The van der Waals surface area contributed by atoms with Crippen molar-refractivity contribution in [3.63, 3.8) is 0 Å². The Morgan fingerprint density at radius 3 is 2.73 bits per heavy atom. The lowest BCUT2D eigenvalue weighted by molar-refractivity contribution is 0.0729. The Bertz CT molecular complexity index is 946. The van der Waals surface area contributed by atoms with Gasteiger partial charge in [-0.2, -0.15) is 4.31 Å². The SMILES string of the molecule is Cc1ccc2c(n1)SN(c1ccc(F)c(S(=O)(=O)N3CCOCC3)c1)C2. The van der Waals surface area contributed by atoms with Crippen LogP contribution in [0.5, 0.6) is 0 Å². The molecule has 4 rings (SSSR count). The van der Waals surface area contributed by atoms with Gasteiger partial charge in [-0.3, -0.25) is 0 Å². The molecule has 0 amide bonds. The van der Waals surface area contributed by atoms with Crippen LogP contribution in [-0.4, -0.2) is 44.0 Å². The average molecular weight is 395 g/mol. The number of pyridine rings is 1. The van der Waals surface area contributed by atoms with Crippen LogP contribution in [0.2, 0.25) is 0 Å². The van der Waals surface area contributed by atoms with Crippen LogP contribution in [0.3, 0.4) is 0 Å². The number of hydrogen-bond acceptors (Lipinski definition) is 6. The van der Waals surface area contributed by atoms with E-state index < -0.39 is 15.8 Å². The number of nitrogens with zero attached hydrogens (tertiary/aromatic N) is 3. The molecule has 1 saturated heterocycles. The fraction of sp³-hybridized carbons (Fsp3) is 0.353. The van der Waals surface area contributed by atoms with E-state index >= 15 is 0 Å². The van der Waals surface area contributed by atoms with Gasteiger partial charge in [0, 0.05) is 42.0 Å². The van der Waals surface area contributed by atoms with Crippen molar-refractivity contribution in [1.82, 2.24) is 9.29 Å². The summed E-state index contributed by atoms with van der Waals surface area (Å²) >= 11 is 1.44. The fourth-order valence-corrected chi connectivity index (χ4v) is 5.53. The molecule has 1 fully saturated rings. The van der Waals surface area contributed by atoms with E-state index in [1.807, 2.05) is 23.4 Å². The fourth-order valence-electron chi connectivity index (χ4n) is 2.97. The minimum Gasteiger partial charge on any atom is -0.379 e. The van der Waals surface area contributed by atoms with Gasteiger partial charge in [0.15, 0.2) is 0 Å². The lowest BCUT2D eigenvalue weighted by Crippen LogP contribution is -2.40. The second-order valence-corrected chi connectivity index (χ2v) is 9.09. The van der Waals surface area contributed by atoms with Crippen LogP contribution in [0.15, 0.2) is 40.3 Å². The summed E-state index contributed by atoms with van der Waals surface area (Å²) in [7, 11) is -3.89. The highest BCUT2D eigenvalue weighted by Gasteiger charge is 2.30. The largest absolute Gasteiger partial charge is 0.379 e. The van der Waals surface area contributed by atoms with Gasteiger partial charge in [0.25, 0.3) is 0 Å². The minimum atomic E-state index is -3.89. The number of benzene rings is 1. The van der Waals surface area contributed by atoms with E-state index in [4.69, 9.17) is 4.74 Å². The number of anilines is 1.